The van der Waals surface area contributed by atoms with Crippen LogP contribution in [0.3, 0.4) is 0 Å². The monoisotopic (exact) mass is 242 g/mol. The molecule has 1 aromatic carbocycles. The minimum atomic E-state index is 0.779. The molecule has 2 N–H and O–H groups in total. The third kappa shape index (κ3) is 2.30. The van der Waals surface area contributed by atoms with Crippen molar-refractivity contribution in [1.29, 1.82) is 0 Å². The minimum Gasteiger partial charge on any atom is -0.347 e. The summed E-state index contributed by atoms with van der Waals surface area (Å²) in [6.07, 6.45) is 8.67. The number of hydrogen-bond donors (Lipinski definition) is 1. The summed E-state index contributed by atoms with van der Waals surface area (Å²) in [5.41, 5.74) is 8.36. The van der Waals surface area contributed by atoms with Crippen molar-refractivity contribution in [2.45, 2.75) is 38.6 Å². The summed E-state index contributed by atoms with van der Waals surface area (Å²) in [7, 11) is 0. The van der Waals surface area contributed by atoms with Crippen molar-refractivity contribution in [2.24, 2.45) is 11.7 Å². The molecule has 0 spiro atoms. The van der Waals surface area contributed by atoms with Crippen molar-refractivity contribution < 1.29 is 0 Å². The molecule has 18 heavy (non-hydrogen) atoms. The Labute approximate surface area is 109 Å². The molecule has 96 valence electrons. The lowest BCUT2D eigenvalue weighted by molar-refractivity contribution is 0.280. The predicted molar refractivity (Wildman–Crippen MR) is 76.7 cm³/mol. The van der Waals surface area contributed by atoms with Gasteiger partial charge in [0.15, 0.2) is 0 Å². The van der Waals surface area contributed by atoms with Crippen LogP contribution < -0.4 is 5.73 Å². The summed E-state index contributed by atoms with van der Waals surface area (Å²) >= 11 is 0. The third-order valence-corrected chi connectivity index (χ3v) is 4.18. The quantitative estimate of drug-likeness (QED) is 0.856. The number of nitrogens with zero attached hydrogens (tertiary/aromatic N) is 1. The van der Waals surface area contributed by atoms with Gasteiger partial charge in [0.1, 0.15) is 0 Å². The molecule has 1 saturated carbocycles. The number of aryl methyl sites for hydroxylation is 1. The van der Waals surface area contributed by atoms with Crippen LogP contribution in [0.2, 0.25) is 0 Å². The zero-order valence-corrected chi connectivity index (χ0v) is 10.9. The minimum absolute atomic E-state index is 0.779. The van der Waals surface area contributed by atoms with Crippen LogP contribution in [0.15, 0.2) is 30.5 Å². The lowest BCUT2D eigenvalue weighted by atomic mass is 9.85. The summed E-state index contributed by atoms with van der Waals surface area (Å²) in [5.74, 6) is 0.914. The maximum atomic E-state index is 5.57. The second-order valence-electron chi connectivity index (χ2n) is 5.55. The summed E-state index contributed by atoms with van der Waals surface area (Å²) in [5, 5.41) is 1.38. The van der Waals surface area contributed by atoms with E-state index in [9.17, 15) is 0 Å². The van der Waals surface area contributed by atoms with Crippen LogP contribution in [0, 0.1) is 5.92 Å². The molecular formula is C16H22N2. The standard InChI is InChI=1S/C16H22N2/c17-9-2-5-13-6-7-16-15(11-13)8-10-18(16)12-14-3-1-4-14/h6-8,10-11,14H,1-5,9,12,17H2. The topological polar surface area (TPSA) is 30.9 Å². The Morgan fingerprint density at radius 1 is 1.22 bits per heavy atom. The van der Waals surface area contributed by atoms with E-state index in [0.29, 0.717) is 0 Å². The molecule has 0 atom stereocenters. The number of aromatic nitrogens is 1. The van der Waals surface area contributed by atoms with Crippen LogP contribution >= 0.6 is 0 Å². The Hall–Kier alpha value is -1.28. The van der Waals surface area contributed by atoms with Gasteiger partial charge >= 0.3 is 0 Å². The van der Waals surface area contributed by atoms with Crippen molar-refractivity contribution in [3.63, 3.8) is 0 Å². The van der Waals surface area contributed by atoms with Gasteiger partial charge in [-0.15, -0.1) is 0 Å². The molecule has 0 aliphatic heterocycles. The van der Waals surface area contributed by atoms with Gasteiger partial charge < -0.3 is 10.3 Å². The van der Waals surface area contributed by atoms with Gasteiger partial charge in [-0.25, -0.2) is 0 Å². The largest absolute Gasteiger partial charge is 0.347 e. The van der Waals surface area contributed by atoms with Gasteiger partial charge in [-0.2, -0.15) is 0 Å². The summed E-state index contributed by atoms with van der Waals surface area (Å²) in [6.45, 7) is 1.98. The lowest BCUT2D eigenvalue weighted by Crippen LogP contribution is -2.17. The van der Waals surface area contributed by atoms with E-state index >= 15 is 0 Å². The Kier molecular flexibility index (Phi) is 3.37. The van der Waals surface area contributed by atoms with Gasteiger partial charge in [0.05, 0.1) is 0 Å². The fraction of sp³-hybridized carbons (Fsp3) is 0.500. The van der Waals surface area contributed by atoms with Crippen LogP contribution in [-0.4, -0.2) is 11.1 Å². The van der Waals surface area contributed by atoms with Gasteiger partial charge in [-0.3, -0.25) is 0 Å². The smallest absolute Gasteiger partial charge is 0.0480 e. The van der Waals surface area contributed by atoms with Crippen molar-refractivity contribution in [2.75, 3.05) is 6.54 Å². The first-order chi connectivity index (χ1) is 8.86. The van der Waals surface area contributed by atoms with E-state index in [-0.39, 0.29) is 0 Å². The van der Waals surface area contributed by atoms with Gasteiger partial charge in [-0.05, 0) is 67.3 Å². The van der Waals surface area contributed by atoms with Crippen molar-refractivity contribution in [3.05, 3.63) is 36.0 Å². The molecule has 0 saturated heterocycles. The molecule has 3 rings (SSSR count). The van der Waals surface area contributed by atoms with Gasteiger partial charge in [0.2, 0.25) is 0 Å². The van der Waals surface area contributed by atoms with Crippen molar-refractivity contribution >= 4 is 10.9 Å². The Morgan fingerprint density at radius 2 is 2.11 bits per heavy atom. The number of nitrogens with two attached hydrogens (primary N) is 1. The highest BCUT2D eigenvalue weighted by atomic mass is 15.0. The van der Waals surface area contributed by atoms with E-state index in [1.807, 2.05) is 0 Å². The number of hydrogen-bond acceptors (Lipinski definition) is 1. The van der Waals surface area contributed by atoms with Gasteiger partial charge in [0.25, 0.3) is 0 Å². The fourth-order valence-corrected chi connectivity index (χ4v) is 2.82. The predicted octanol–water partition coefficient (Wildman–Crippen LogP) is 3.33. The first kappa shape index (κ1) is 11.8. The first-order valence-corrected chi connectivity index (χ1v) is 7.14. The average Bonchev–Trinajstić information content (AvgIpc) is 2.73. The molecule has 0 amide bonds. The van der Waals surface area contributed by atoms with E-state index < -0.39 is 0 Å². The zero-order chi connectivity index (χ0) is 12.4. The third-order valence-electron chi connectivity index (χ3n) is 4.18. The number of benzene rings is 1. The van der Waals surface area contributed by atoms with E-state index in [4.69, 9.17) is 5.73 Å². The molecule has 1 heterocycles. The van der Waals surface area contributed by atoms with Crippen LogP contribution in [0.1, 0.15) is 31.2 Å². The Bertz CT molecular complexity index is 523. The van der Waals surface area contributed by atoms with Crippen molar-refractivity contribution in [3.8, 4) is 0 Å². The molecule has 2 aromatic rings. The van der Waals surface area contributed by atoms with E-state index in [0.717, 1.165) is 25.3 Å². The van der Waals surface area contributed by atoms with Gasteiger partial charge in [0, 0.05) is 18.3 Å². The molecule has 1 aliphatic carbocycles. The second kappa shape index (κ2) is 5.15. The molecule has 0 unspecified atom stereocenters. The Balaban J connectivity index is 1.80. The summed E-state index contributed by atoms with van der Waals surface area (Å²) in [6, 6.07) is 9.11. The first-order valence-electron chi connectivity index (χ1n) is 7.14. The molecule has 0 bridgehead atoms. The zero-order valence-electron chi connectivity index (χ0n) is 10.9. The maximum absolute atomic E-state index is 5.57. The molecule has 1 fully saturated rings. The maximum Gasteiger partial charge on any atom is 0.0480 e. The van der Waals surface area contributed by atoms with Crippen LogP contribution in [-0.2, 0) is 13.0 Å². The summed E-state index contributed by atoms with van der Waals surface area (Å²) < 4.78 is 2.42. The molecule has 1 aliphatic rings. The van der Waals surface area contributed by atoms with Crippen LogP contribution in [0.4, 0.5) is 0 Å². The highest BCUT2D eigenvalue weighted by Crippen LogP contribution is 2.29. The average molecular weight is 242 g/mol. The fourth-order valence-electron chi connectivity index (χ4n) is 2.82. The van der Waals surface area contributed by atoms with E-state index in [1.165, 1.54) is 42.3 Å². The molecule has 0 radical (unpaired) electrons. The van der Waals surface area contributed by atoms with Gasteiger partial charge in [-0.1, -0.05) is 12.5 Å². The SMILES string of the molecule is NCCCc1ccc2c(ccn2CC2CCC2)c1. The molecule has 1 aromatic heterocycles. The molecular weight excluding hydrogens is 220 g/mol. The van der Waals surface area contributed by atoms with Crippen LogP contribution in [0.25, 0.3) is 10.9 Å². The Morgan fingerprint density at radius 3 is 2.83 bits per heavy atom. The normalized spacial score (nSPS) is 16.1. The lowest BCUT2D eigenvalue weighted by Gasteiger charge is -2.26. The summed E-state index contributed by atoms with van der Waals surface area (Å²) in [4.78, 5) is 0. The number of rotatable bonds is 5. The highest BCUT2D eigenvalue weighted by Gasteiger charge is 2.18. The van der Waals surface area contributed by atoms with Crippen LogP contribution in [0.5, 0.6) is 0 Å². The number of fused-ring (bicyclic) bond motifs is 1. The highest BCUT2D eigenvalue weighted by molar-refractivity contribution is 5.80. The van der Waals surface area contributed by atoms with Crippen molar-refractivity contribution in [1.82, 2.24) is 4.57 Å². The molecule has 2 heteroatoms. The second-order valence-corrected chi connectivity index (χ2v) is 5.55. The van der Waals surface area contributed by atoms with E-state index in [2.05, 4.69) is 35.0 Å². The van der Waals surface area contributed by atoms with E-state index in [1.54, 1.807) is 0 Å². The molecule has 2 nitrogen and oxygen atoms in total.